The van der Waals surface area contributed by atoms with Gasteiger partial charge in [0.05, 0.1) is 11.0 Å². The Bertz CT molecular complexity index is 2740. The van der Waals surface area contributed by atoms with Crippen molar-refractivity contribution in [2.45, 2.75) is 0 Å². The molecular formula is C40H23NS. The first kappa shape index (κ1) is 22.5. The van der Waals surface area contributed by atoms with E-state index in [0.717, 1.165) is 0 Å². The van der Waals surface area contributed by atoms with Gasteiger partial charge in [-0.25, -0.2) is 0 Å². The predicted molar refractivity (Wildman–Crippen MR) is 184 cm³/mol. The summed E-state index contributed by atoms with van der Waals surface area (Å²) >= 11 is 1.94. The van der Waals surface area contributed by atoms with Gasteiger partial charge in [0.1, 0.15) is 0 Å². The zero-order valence-corrected chi connectivity index (χ0v) is 23.5. The Labute approximate surface area is 245 Å². The van der Waals surface area contributed by atoms with Crippen molar-refractivity contribution < 1.29 is 0 Å². The van der Waals surface area contributed by atoms with Gasteiger partial charge in [0.25, 0.3) is 0 Å². The first-order valence-corrected chi connectivity index (χ1v) is 15.3. The molecule has 0 fully saturated rings. The standard InChI is InChI=1S/C40H23NS/c1-3-11-28-24(9-1)17-18-26-23-27(20-22-29(26)28)41-35-16-8-7-15-33(35)36-37-34-21-19-25-10-2-4-12-30(25)39(34)42-40(37)32-14-6-5-13-31(32)38(36)41/h1-23H. The quantitative estimate of drug-likeness (QED) is 0.179. The molecular weight excluding hydrogens is 527 g/mol. The molecule has 10 rings (SSSR count). The number of rotatable bonds is 1. The third kappa shape index (κ3) is 2.87. The van der Waals surface area contributed by atoms with Gasteiger partial charge in [-0.3, -0.25) is 0 Å². The zero-order chi connectivity index (χ0) is 27.4. The molecule has 0 amide bonds. The highest BCUT2D eigenvalue weighted by Crippen LogP contribution is 2.49. The second-order valence-electron chi connectivity index (χ2n) is 11.3. The summed E-state index contributed by atoms with van der Waals surface area (Å²) in [6.07, 6.45) is 0. The lowest BCUT2D eigenvalue weighted by Gasteiger charge is -2.12. The fraction of sp³-hybridized carbons (Fsp3) is 0. The number of nitrogens with zero attached hydrogens (tertiary/aromatic N) is 1. The minimum Gasteiger partial charge on any atom is -0.309 e. The maximum atomic E-state index is 2.51. The molecule has 2 aromatic heterocycles. The molecule has 0 saturated carbocycles. The van der Waals surface area contributed by atoms with Gasteiger partial charge in [0.15, 0.2) is 0 Å². The van der Waals surface area contributed by atoms with Crippen molar-refractivity contribution in [2.24, 2.45) is 0 Å². The Morgan fingerprint density at radius 3 is 1.83 bits per heavy atom. The molecule has 194 valence electrons. The van der Waals surface area contributed by atoms with Crippen molar-refractivity contribution in [1.29, 1.82) is 0 Å². The Kier molecular flexibility index (Phi) is 4.39. The van der Waals surface area contributed by atoms with Crippen molar-refractivity contribution in [2.75, 3.05) is 0 Å². The van der Waals surface area contributed by atoms with Crippen LogP contribution in [0.15, 0.2) is 140 Å². The van der Waals surface area contributed by atoms with E-state index in [0.29, 0.717) is 0 Å². The van der Waals surface area contributed by atoms with E-state index in [1.165, 1.54) is 90.8 Å². The summed E-state index contributed by atoms with van der Waals surface area (Å²) in [6.45, 7) is 0. The normalized spacial score (nSPS) is 12.3. The van der Waals surface area contributed by atoms with Crippen LogP contribution in [-0.2, 0) is 0 Å². The number of hydrogen-bond acceptors (Lipinski definition) is 1. The Morgan fingerprint density at radius 2 is 0.976 bits per heavy atom. The molecule has 10 aromatic rings. The van der Waals surface area contributed by atoms with Crippen molar-refractivity contribution >= 4 is 96.4 Å². The Morgan fingerprint density at radius 1 is 0.381 bits per heavy atom. The van der Waals surface area contributed by atoms with Crippen LogP contribution >= 0.6 is 11.3 Å². The summed E-state index contributed by atoms with van der Waals surface area (Å²) in [5.41, 5.74) is 3.72. The van der Waals surface area contributed by atoms with Crippen molar-refractivity contribution in [1.82, 2.24) is 4.57 Å². The molecule has 0 spiro atoms. The summed E-state index contributed by atoms with van der Waals surface area (Å²) in [5.74, 6) is 0. The molecule has 2 heteroatoms. The highest BCUT2D eigenvalue weighted by molar-refractivity contribution is 7.27. The molecule has 0 N–H and O–H groups in total. The highest BCUT2D eigenvalue weighted by atomic mass is 32.1. The first-order valence-electron chi connectivity index (χ1n) is 14.4. The summed E-state index contributed by atoms with van der Waals surface area (Å²) in [6, 6.07) is 51.5. The van der Waals surface area contributed by atoms with E-state index in [-0.39, 0.29) is 0 Å². The monoisotopic (exact) mass is 549 g/mol. The topological polar surface area (TPSA) is 4.93 Å². The second kappa shape index (κ2) is 8.19. The van der Waals surface area contributed by atoms with E-state index in [9.17, 15) is 0 Å². The molecule has 0 atom stereocenters. The van der Waals surface area contributed by atoms with E-state index in [1.54, 1.807) is 0 Å². The largest absolute Gasteiger partial charge is 0.309 e. The van der Waals surface area contributed by atoms with E-state index < -0.39 is 0 Å². The molecule has 0 bridgehead atoms. The van der Waals surface area contributed by atoms with Crippen LogP contribution in [0.4, 0.5) is 0 Å². The number of fused-ring (bicyclic) bond motifs is 15. The lowest BCUT2D eigenvalue weighted by Crippen LogP contribution is -1.95. The lowest BCUT2D eigenvalue weighted by atomic mass is 9.98. The van der Waals surface area contributed by atoms with Gasteiger partial charge in [-0.1, -0.05) is 121 Å². The SMILES string of the molecule is c1ccc2c(c1)ccc1cc(-n3c4ccccc4c4c5c6ccc7ccccc7c6sc5c5ccccc5c43)ccc12. The lowest BCUT2D eigenvalue weighted by molar-refractivity contribution is 1.19. The number of para-hydroxylation sites is 1. The first-order chi connectivity index (χ1) is 20.8. The van der Waals surface area contributed by atoms with E-state index >= 15 is 0 Å². The maximum Gasteiger partial charge on any atom is 0.0626 e. The van der Waals surface area contributed by atoms with Crippen molar-refractivity contribution in [3.05, 3.63) is 140 Å². The van der Waals surface area contributed by atoms with Gasteiger partial charge in [0.2, 0.25) is 0 Å². The van der Waals surface area contributed by atoms with E-state index in [2.05, 4.69) is 144 Å². The minimum absolute atomic E-state index is 1.19. The van der Waals surface area contributed by atoms with Crippen LogP contribution in [-0.4, -0.2) is 4.57 Å². The minimum atomic E-state index is 1.19. The van der Waals surface area contributed by atoms with Crippen LogP contribution in [0.25, 0.3) is 90.8 Å². The average molecular weight is 550 g/mol. The summed E-state index contributed by atoms with van der Waals surface area (Å²) < 4.78 is 5.25. The van der Waals surface area contributed by atoms with Crippen LogP contribution in [0.1, 0.15) is 0 Å². The highest BCUT2D eigenvalue weighted by Gasteiger charge is 2.22. The zero-order valence-electron chi connectivity index (χ0n) is 22.6. The smallest absolute Gasteiger partial charge is 0.0626 e. The summed E-state index contributed by atoms with van der Waals surface area (Å²) in [4.78, 5) is 0. The number of benzene rings is 8. The third-order valence-electron chi connectivity index (χ3n) is 9.12. The molecule has 0 saturated heterocycles. The molecule has 0 radical (unpaired) electrons. The third-order valence-corrected chi connectivity index (χ3v) is 10.4. The Hall–Kier alpha value is -5.18. The van der Waals surface area contributed by atoms with Crippen molar-refractivity contribution in [3.63, 3.8) is 0 Å². The molecule has 0 aliphatic rings. The predicted octanol–water partition coefficient (Wildman–Crippen LogP) is 11.8. The van der Waals surface area contributed by atoms with Crippen LogP contribution in [0.5, 0.6) is 0 Å². The van der Waals surface area contributed by atoms with Gasteiger partial charge >= 0.3 is 0 Å². The van der Waals surface area contributed by atoms with Crippen LogP contribution in [0.2, 0.25) is 0 Å². The molecule has 0 aliphatic carbocycles. The molecule has 1 nitrogen and oxygen atoms in total. The Balaban J connectivity index is 1.43. The average Bonchev–Trinajstić information content (AvgIpc) is 3.61. The van der Waals surface area contributed by atoms with Gasteiger partial charge in [-0.05, 0) is 50.5 Å². The van der Waals surface area contributed by atoms with E-state index in [4.69, 9.17) is 0 Å². The number of thiophene rings is 1. The van der Waals surface area contributed by atoms with E-state index in [1.807, 2.05) is 11.3 Å². The number of hydrogen-bond donors (Lipinski definition) is 0. The van der Waals surface area contributed by atoms with Crippen LogP contribution < -0.4 is 0 Å². The summed E-state index contributed by atoms with van der Waals surface area (Å²) in [5, 5.41) is 15.7. The molecule has 42 heavy (non-hydrogen) atoms. The molecule has 2 heterocycles. The summed E-state index contributed by atoms with van der Waals surface area (Å²) in [7, 11) is 0. The van der Waals surface area contributed by atoms with Gasteiger partial charge in [-0.2, -0.15) is 0 Å². The maximum absolute atomic E-state index is 2.51. The second-order valence-corrected chi connectivity index (χ2v) is 12.3. The number of aromatic nitrogens is 1. The molecule has 0 aliphatic heterocycles. The molecule has 0 unspecified atom stereocenters. The van der Waals surface area contributed by atoms with Crippen LogP contribution in [0.3, 0.4) is 0 Å². The van der Waals surface area contributed by atoms with Crippen molar-refractivity contribution in [3.8, 4) is 5.69 Å². The van der Waals surface area contributed by atoms with Gasteiger partial charge in [0, 0.05) is 47.4 Å². The van der Waals surface area contributed by atoms with Gasteiger partial charge < -0.3 is 4.57 Å². The van der Waals surface area contributed by atoms with Crippen LogP contribution in [0, 0.1) is 0 Å². The fourth-order valence-corrected chi connectivity index (χ4v) is 8.69. The molecule has 8 aromatic carbocycles. The fourth-order valence-electron chi connectivity index (χ4n) is 7.31. The van der Waals surface area contributed by atoms with Gasteiger partial charge in [-0.15, -0.1) is 11.3 Å².